The van der Waals surface area contributed by atoms with E-state index >= 15 is 0 Å². The van der Waals surface area contributed by atoms with Gasteiger partial charge >= 0.3 is 0 Å². The number of rotatable bonds is 6. The van der Waals surface area contributed by atoms with Crippen LogP contribution < -0.4 is 20.3 Å². The molecular weight excluding hydrogens is 314 g/mol. The summed E-state index contributed by atoms with van der Waals surface area (Å²) in [6.07, 6.45) is 2.44. The minimum atomic E-state index is 0.437. The third kappa shape index (κ3) is 5.47. The Morgan fingerprint density at radius 2 is 2.26 bits per heavy atom. The first-order valence-electron chi connectivity index (χ1n) is 7.84. The molecular formula is C15H25N5O2S. The van der Waals surface area contributed by atoms with Crippen molar-refractivity contribution in [2.24, 2.45) is 5.92 Å². The van der Waals surface area contributed by atoms with Gasteiger partial charge in [0, 0.05) is 32.8 Å². The van der Waals surface area contributed by atoms with Crippen LogP contribution in [0.4, 0.5) is 11.8 Å². The molecule has 2 rings (SSSR count). The van der Waals surface area contributed by atoms with Gasteiger partial charge < -0.3 is 25.0 Å². The Bertz CT molecular complexity index is 529. The average molecular weight is 339 g/mol. The molecule has 0 bridgehead atoms. The van der Waals surface area contributed by atoms with Gasteiger partial charge in [-0.3, -0.25) is 0 Å². The second-order valence-corrected chi connectivity index (χ2v) is 6.07. The molecule has 0 saturated carbocycles. The predicted octanol–water partition coefficient (Wildman–Crippen LogP) is 1.65. The summed E-state index contributed by atoms with van der Waals surface area (Å²) in [4.78, 5) is 11.1. The predicted molar refractivity (Wildman–Crippen MR) is 95.3 cm³/mol. The molecule has 0 amide bonds. The molecule has 0 radical (unpaired) electrons. The van der Waals surface area contributed by atoms with Crippen LogP contribution in [0.5, 0.6) is 5.88 Å². The minimum absolute atomic E-state index is 0.437. The van der Waals surface area contributed by atoms with E-state index < -0.39 is 0 Å². The highest BCUT2D eigenvalue weighted by Crippen LogP contribution is 2.24. The Morgan fingerprint density at radius 1 is 1.43 bits per heavy atom. The first kappa shape index (κ1) is 17.7. The van der Waals surface area contributed by atoms with E-state index in [4.69, 9.17) is 21.7 Å². The van der Waals surface area contributed by atoms with Crippen molar-refractivity contribution in [2.45, 2.75) is 19.8 Å². The van der Waals surface area contributed by atoms with Gasteiger partial charge in [0.25, 0.3) is 0 Å². The molecule has 1 fully saturated rings. The van der Waals surface area contributed by atoms with Gasteiger partial charge in [0.15, 0.2) is 5.11 Å². The lowest BCUT2D eigenvalue weighted by molar-refractivity contribution is 0.204. The fourth-order valence-electron chi connectivity index (χ4n) is 2.55. The average Bonchev–Trinajstić information content (AvgIpc) is 2.54. The third-order valence-corrected chi connectivity index (χ3v) is 3.94. The number of nitrogens with zero attached hydrogens (tertiary/aromatic N) is 3. The fraction of sp³-hybridized carbons (Fsp3) is 0.667. The number of hydrogen-bond donors (Lipinski definition) is 2. The molecule has 1 aliphatic rings. The van der Waals surface area contributed by atoms with Gasteiger partial charge in [0.2, 0.25) is 11.8 Å². The maximum atomic E-state index is 5.29. The van der Waals surface area contributed by atoms with Crippen molar-refractivity contribution in [3.8, 4) is 5.88 Å². The zero-order valence-electron chi connectivity index (χ0n) is 14.0. The Labute approximate surface area is 142 Å². The van der Waals surface area contributed by atoms with Gasteiger partial charge in [-0.15, -0.1) is 0 Å². The lowest BCUT2D eigenvalue weighted by Gasteiger charge is -2.32. The van der Waals surface area contributed by atoms with Crippen LogP contribution in [0.25, 0.3) is 0 Å². The second kappa shape index (κ2) is 8.83. The quantitative estimate of drug-likeness (QED) is 0.599. The summed E-state index contributed by atoms with van der Waals surface area (Å²) in [7, 11) is 3.25. The number of anilines is 2. The number of piperidine rings is 1. The maximum Gasteiger partial charge on any atom is 0.234 e. The zero-order valence-corrected chi connectivity index (χ0v) is 14.8. The Morgan fingerprint density at radius 3 is 2.96 bits per heavy atom. The normalized spacial score (nSPS) is 17.7. The molecule has 0 spiro atoms. The summed E-state index contributed by atoms with van der Waals surface area (Å²) in [6, 6.07) is 1.87. The van der Waals surface area contributed by atoms with Gasteiger partial charge in [-0.25, -0.2) is 0 Å². The van der Waals surface area contributed by atoms with E-state index in [1.165, 1.54) is 12.8 Å². The summed E-state index contributed by atoms with van der Waals surface area (Å²) < 4.78 is 10.3. The largest absolute Gasteiger partial charge is 0.481 e. The van der Waals surface area contributed by atoms with Gasteiger partial charge in [0.05, 0.1) is 13.7 Å². The summed E-state index contributed by atoms with van der Waals surface area (Å²) in [5, 5.41) is 6.50. The number of nitrogens with one attached hydrogen (secondary N) is 2. The standard InChI is InChI=1S/C15H25N5O2S/c1-11-5-4-7-20(10-11)12-9-13(22-3)18-14(17-12)19-15(23)16-6-8-21-2/h9,11H,4-8,10H2,1-3H3,(H2,16,17,18,19,23)/t11-/m0/s1. The number of methoxy groups -OCH3 is 2. The number of thiocarbonyl (C=S) groups is 1. The Hall–Kier alpha value is -1.67. The van der Waals surface area contributed by atoms with Gasteiger partial charge in [-0.05, 0) is 31.0 Å². The number of ether oxygens (including phenoxy) is 2. The number of hydrogen-bond acceptors (Lipinski definition) is 6. The summed E-state index contributed by atoms with van der Waals surface area (Å²) in [6.45, 7) is 5.47. The van der Waals surface area contributed by atoms with Crippen molar-refractivity contribution >= 4 is 29.1 Å². The smallest absolute Gasteiger partial charge is 0.234 e. The summed E-state index contributed by atoms with van der Waals surface area (Å²) in [5.41, 5.74) is 0. The van der Waals surface area contributed by atoms with Gasteiger partial charge in [-0.1, -0.05) is 6.92 Å². The van der Waals surface area contributed by atoms with Crippen LogP contribution in [0.3, 0.4) is 0 Å². The minimum Gasteiger partial charge on any atom is -0.481 e. The number of aromatic nitrogens is 2. The van der Waals surface area contributed by atoms with Crippen molar-refractivity contribution < 1.29 is 9.47 Å². The molecule has 128 valence electrons. The second-order valence-electron chi connectivity index (χ2n) is 5.66. The summed E-state index contributed by atoms with van der Waals surface area (Å²) >= 11 is 5.24. The van der Waals surface area contributed by atoms with Crippen LogP contribution in [0.1, 0.15) is 19.8 Å². The molecule has 1 atom stereocenters. The van der Waals surface area contributed by atoms with E-state index in [1.54, 1.807) is 14.2 Å². The van der Waals surface area contributed by atoms with Crippen LogP contribution >= 0.6 is 12.2 Å². The lowest BCUT2D eigenvalue weighted by Crippen LogP contribution is -2.35. The topological polar surface area (TPSA) is 71.5 Å². The van der Waals surface area contributed by atoms with Crippen molar-refractivity contribution in [1.29, 1.82) is 0 Å². The molecule has 0 aromatic carbocycles. The highest BCUT2D eigenvalue weighted by Gasteiger charge is 2.19. The molecule has 2 N–H and O–H groups in total. The highest BCUT2D eigenvalue weighted by molar-refractivity contribution is 7.80. The molecule has 23 heavy (non-hydrogen) atoms. The molecule has 1 saturated heterocycles. The van der Waals surface area contributed by atoms with Crippen LogP contribution in [-0.2, 0) is 4.74 Å². The monoisotopic (exact) mass is 339 g/mol. The molecule has 8 heteroatoms. The first-order chi connectivity index (χ1) is 11.1. The van der Waals surface area contributed by atoms with Crippen LogP contribution in [0.2, 0.25) is 0 Å². The van der Waals surface area contributed by atoms with Crippen LogP contribution in [-0.4, -0.2) is 55.5 Å². The van der Waals surface area contributed by atoms with Crippen LogP contribution in [0, 0.1) is 5.92 Å². The zero-order chi connectivity index (χ0) is 16.7. The van der Waals surface area contributed by atoms with Crippen molar-refractivity contribution in [1.82, 2.24) is 15.3 Å². The van der Waals surface area contributed by atoms with E-state index in [2.05, 4.69) is 32.4 Å². The van der Waals surface area contributed by atoms with Crippen molar-refractivity contribution in [3.63, 3.8) is 0 Å². The van der Waals surface area contributed by atoms with E-state index in [-0.39, 0.29) is 0 Å². The van der Waals surface area contributed by atoms with E-state index in [1.807, 2.05) is 6.07 Å². The Kier molecular flexibility index (Phi) is 6.79. The first-order valence-corrected chi connectivity index (χ1v) is 8.25. The molecule has 1 aromatic rings. The Balaban J connectivity index is 2.07. The van der Waals surface area contributed by atoms with E-state index in [0.717, 1.165) is 18.9 Å². The third-order valence-electron chi connectivity index (χ3n) is 3.70. The molecule has 1 aliphatic heterocycles. The van der Waals surface area contributed by atoms with E-state index in [9.17, 15) is 0 Å². The van der Waals surface area contributed by atoms with Crippen molar-refractivity contribution in [2.75, 3.05) is 50.7 Å². The molecule has 0 unspecified atom stereocenters. The van der Waals surface area contributed by atoms with Gasteiger partial charge in [0.1, 0.15) is 5.82 Å². The molecule has 7 nitrogen and oxygen atoms in total. The highest BCUT2D eigenvalue weighted by atomic mass is 32.1. The van der Waals surface area contributed by atoms with Crippen LogP contribution in [0.15, 0.2) is 6.07 Å². The maximum absolute atomic E-state index is 5.29. The van der Waals surface area contributed by atoms with Crippen molar-refractivity contribution in [3.05, 3.63) is 6.07 Å². The lowest BCUT2D eigenvalue weighted by atomic mass is 10.0. The van der Waals surface area contributed by atoms with Gasteiger partial charge in [-0.2, -0.15) is 9.97 Å². The SMILES string of the molecule is COCCNC(=S)Nc1nc(OC)cc(N2CCC[C@H](C)C2)n1. The fourth-order valence-corrected chi connectivity index (χ4v) is 2.74. The van der Waals surface area contributed by atoms with E-state index in [0.29, 0.717) is 36.0 Å². The molecule has 2 heterocycles. The molecule has 0 aliphatic carbocycles. The molecule has 1 aromatic heterocycles. The summed E-state index contributed by atoms with van der Waals surface area (Å²) in [5.74, 6) is 2.49.